The number of fused-ring (bicyclic) bond motifs is 1. The summed E-state index contributed by atoms with van der Waals surface area (Å²) in [5, 5.41) is 2.06. The van der Waals surface area contributed by atoms with Crippen molar-refractivity contribution in [2.24, 2.45) is 0 Å². The van der Waals surface area contributed by atoms with Crippen molar-refractivity contribution in [2.75, 3.05) is 40.2 Å². The summed E-state index contributed by atoms with van der Waals surface area (Å²) in [5.41, 5.74) is -2.21. The maximum absolute atomic E-state index is 13.9. The number of amides is 2. The molecule has 1 N–H and O–H groups in total. The van der Waals surface area contributed by atoms with Gasteiger partial charge < -0.3 is 19.7 Å². The van der Waals surface area contributed by atoms with E-state index in [1.807, 2.05) is 0 Å². The second-order valence-electron chi connectivity index (χ2n) is 8.73. The molecule has 0 saturated carbocycles. The number of likely N-dealkylation sites (tertiary alicyclic amines) is 1. The largest absolute Gasteiger partial charge is 0.496 e. The summed E-state index contributed by atoms with van der Waals surface area (Å²) in [6, 6.07) is 7.92. The fourth-order valence-corrected chi connectivity index (χ4v) is 5.32. The average Bonchev–Trinajstić information content (AvgIpc) is 3.36. The van der Waals surface area contributed by atoms with Gasteiger partial charge >= 0.3 is 6.18 Å². The zero-order chi connectivity index (χ0) is 25.7. The van der Waals surface area contributed by atoms with Crippen LogP contribution < -0.4 is 10.1 Å². The van der Waals surface area contributed by atoms with Crippen molar-refractivity contribution in [3.05, 3.63) is 58.1 Å². The smallest absolute Gasteiger partial charge is 0.417 e. The number of halogens is 4. The molecule has 4 rings (SSSR count). The van der Waals surface area contributed by atoms with Crippen LogP contribution in [-0.4, -0.2) is 68.6 Å². The first kappa shape index (κ1) is 25.3. The van der Waals surface area contributed by atoms with E-state index in [1.165, 1.54) is 19.1 Å². The van der Waals surface area contributed by atoms with E-state index in [9.17, 15) is 22.8 Å². The molecule has 0 spiro atoms. The van der Waals surface area contributed by atoms with Gasteiger partial charge in [0.15, 0.2) is 5.54 Å². The lowest BCUT2D eigenvalue weighted by atomic mass is 9.80. The first-order valence-electron chi connectivity index (χ1n) is 10.8. The van der Waals surface area contributed by atoms with E-state index < -0.39 is 40.4 Å². The molecule has 3 atom stereocenters. The SMILES string of the molecule is COc1ccccc1C1(N2C[C@H](OC)C[C@H]2C(=O)N(C)C)C(=O)Nc2cc(C(F)(F)F)c(Cl)cc21. The highest BCUT2D eigenvalue weighted by Gasteiger charge is 2.60. The first-order chi connectivity index (χ1) is 16.5. The van der Waals surface area contributed by atoms with E-state index in [0.29, 0.717) is 17.7 Å². The minimum atomic E-state index is -4.72. The molecule has 2 aliphatic heterocycles. The third kappa shape index (κ3) is 3.93. The summed E-state index contributed by atoms with van der Waals surface area (Å²) in [6.07, 6.45) is -4.82. The number of ether oxygens (including phenoxy) is 2. The van der Waals surface area contributed by atoms with Gasteiger partial charge in [-0.2, -0.15) is 13.2 Å². The molecule has 0 aromatic heterocycles. The van der Waals surface area contributed by atoms with Gasteiger partial charge in [-0.15, -0.1) is 0 Å². The number of para-hydroxylation sites is 1. The van der Waals surface area contributed by atoms with E-state index in [-0.39, 0.29) is 23.7 Å². The predicted octanol–water partition coefficient (Wildman–Crippen LogP) is 3.74. The number of carbonyl (C=O) groups excluding carboxylic acids is 2. The van der Waals surface area contributed by atoms with Crippen molar-refractivity contribution in [1.29, 1.82) is 0 Å². The van der Waals surface area contributed by atoms with E-state index in [4.69, 9.17) is 21.1 Å². The Morgan fingerprint density at radius 1 is 1.20 bits per heavy atom. The van der Waals surface area contributed by atoms with Crippen LogP contribution in [0.15, 0.2) is 36.4 Å². The van der Waals surface area contributed by atoms with Crippen molar-refractivity contribution in [2.45, 2.75) is 30.3 Å². The summed E-state index contributed by atoms with van der Waals surface area (Å²) < 4.78 is 52.0. The average molecular weight is 512 g/mol. The number of hydrogen-bond acceptors (Lipinski definition) is 5. The Labute approximate surface area is 205 Å². The van der Waals surface area contributed by atoms with Gasteiger partial charge in [0.25, 0.3) is 5.91 Å². The topological polar surface area (TPSA) is 71.1 Å². The number of nitrogens with one attached hydrogen (secondary N) is 1. The summed E-state index contributed by atoms with van der Waals surface area (Å²) in [4.78, 5) is 30.3. The molecule has 1 fully saturated rings. The number of alkyl halides is 3. The Morgan fingerprint density at radius 2 is 1.89 bits per heavy atom. The zero-order valence-electron chi connectivity index (χ0n) is 19.6. The van der Waals surface area contributed by atoms with E-state index >= 15 is 0 Å². The van der Waals surface area contributed by atoms with Gasteiger partial charge in [-0.3, -0.25) is 14.5 Å². The van der Waals surface area contributed by atoms with Gasteiger partial charge in [0.2, 0.25) is 5.91 Å². The molecule has 2 aromatic carbocycles. The number of benzene rings is 2. The Bertz CT molecular complexity index is 1170. The molecule has 0 aliphatic carbocycles. The van der Waals surface area contributed by atoms with Crippen LogP contribution >= 0.6 is 11.6 Å². The Hall–Kier alpha value is -2.82. The molecule has 7 nitrogen and oxygen atoms in total. The summed E-state index contributed by atoms with van der Waals surface area (Å²) in [5.74, 6) is -0.540. The van der Waals surface area contributed by atoms with Crippen LogP contribution in [0.4, 0.5) is 18.9 Å². The fraction of sp³-hybridized carbons (Fsp3) is 0.417. The molecule has 11 heteroatoms. The second-order valence-corrected chi connectivity index (χ2v) is 9.14. The number of rotatable bonds is 5. The van der Waals surface area contributed by atoms with Crippen LogP contribution in [0.5, 0.6) is 5.75 Å². The normalized spacial score (nSPS) is 24.3. The van der Waals surface area contributed by atoms with Crippen LogP contribution in [0.25, 0.3) is 0 Å². The molecule has 1 unspecified atom stereocenters. The monoisotopic (exact) mass is 511 g/mol. The van der Waals surface area contributed by atoms with Gasteiger partial charge in [-0.05, 0) is 24.6 Å². The fourth-order valence-electron chi connectivity index (χ4n) is 5.05. The van der Waals surface area contributed by atoms with Crippen LogP contribution in [0.1, 0.15) is 23.1 Å². The molecule has 2 aliphatic rings. The first-order valence-corrected chi connectivity index (χ1v) is 11.2. The number of nitrogens with zero attached hydrogens (tertiary/aromatic N) is 2. The standard InChI is InChI=1S/C24H25ClF3N3O4/c1-30(2)21(32)19-9-13(34-3)12-31(19)23(14-7-5-6-8-20(14)35-4)16-10-17(25)15(24(26,27)28)11-18(16)29-22(23)33/h5-8,10-11,13,19H,9,12H2,1-4H3,(H,29,33)/t13-,19+,23?/m1/s1. The van der Waals surface area contributed by atoms with Crippen LogP contribution in [0.2, 0.25) is 5.02 Å². The molecule has 2 heterocycles. The summed E-state index contributed by atoms with van der Waals surface area (Å²) >= 11 is 6.13. The third-order valence-electron chi connectivity index (χ3n) is 6.63. The highest BCUT2D eigenvalue weighted by Crippen LogP contribution is 2.53. The summed E-state index contributed by atoms with van der Waals surface area (Å²) in [7, 11) is 6.15. The Balaban J connectivity index is 2.05. The maximum atomic E-state index is 13.9. The molecule has 188 valence electrons. The highest BCUT2D eigenvalue weighted by molar-refractivity contribution is 6.32. The molecule has 2 aromatic rings. The van der Waals surface area contributed by atoms with E-state index in [1.54, 1.807) is 43.3 Å². The maximum Gasteiger partial charge on any atom is 0.417 e. The third-order valence-corrected chi connectivity index (χ3v) is 6.94. The zero-order valence-corrected chi connectivity index (χ0v) is 20.3. The summed E-state index contributed by atoms with van der Waals surface area (Å²) in [6.45, 7) is 0.171. The van der Waals surface area contributed by atoms with Crippen molar-refractivity contribution < 1.29 is 32.2 Å². The minimum Gasteiger partial charge on any atom is -0.496 e. The predicted molar refractivity (Wildman–Crippen MR) is 123 cm³/mol. The van der Waals surface area contributed by atoms with E-state index in [2.05, 4.69) is 5.32 Å². The van der Waals surface area contributed by atoms with E-state index in [0.717, 1.165) is 12.1 Å². The lowest BCUT2D eigenvalue weighted by Crippen LogP contribution is -2.57. The molecule has 35 heavy (non-hydrogen) atoms. The molecular weight excluding hydrogens is 487 g/mol. The molecule has 1 saturated heterocycles. The molecule has 2 amide bonds. The van der Waals surface area contributed by atoms with Crippen molar-refractivity contribution in [3.8, 4) is 5.75 Å². The van der Waals surface area contributed by atoms with Gasteiger partial charge in [0.1, 0.15) is 5.75 Å². The lowest BCUT2D eigenvalue weighted by molar-refractivity contribution is -0.138. The second kappa shape index (κ2) is 9.00. The lowest BCUT2D eigenvalue weighted by Gasteiger charge is -2.41. The number of methoxy groups -OCH3 is 2. The van der Waals surface area contributed by atoms with Crippen molar-refractivity contribution in [3.63, 3.8) is 0 Å². The molecule has 0 radical (unpaired) electrons. The van der Waals surface area contributed by atoms with Crippen LogP contribution in [0, 0.1) is 0 Å². The van der Waals surface area contributed by atoms with Gasteiger partial charge in [0, 0.05) is 44.6 Å². The van der Waals surface area contributed by atoms with Gasteiger partial charge in [-0.25, -0.2) is 0 Å². The van der Waals surface area contributed by atoms with Crippen molar-refractivity contribution in [1.82, 2.24) is 9.80 Å². The van der Waals surface area contributed by atoms with Gasteiger partial charge in [0.05, 0.1) is 29.8 Å². The highest BCUT2D eigenvalue weighted by atomic mass is 35.5. The number of likely N-dealkylation sites (N-methyl/N-ethyl adjacent to an activating group) is 1. The van der Waals surface area contributed by atoms with Gasteiger partial charge in [-0.1, -0.05) is 29.8 Å². The Morgan fingerprint density at radius 3 is 2.49 bits per heavy atom. The molecular formula is C24H25ClF3N3O4. The Kier molecular flexibility index (Phi) is 6.50. The van der Waals surface area contributed by atoms with Crippen LogP contribution in [0.3, 0.4) is 0 Å². The van der Waals surface area contributed by atoms with Crippen LogP contribution in [-0.2, 0) is 26.0 Å². The molecule has 0 bridgehead atoms. The quantitative estimate of drug-likeness (QED) is 0.662. The number of carbonyl (C=O) groups is 2. The minimum absolute atomic E-state index is 0.0328. The number of hydrogen-bond donors (Lipinski definition) is 1. The van der Waals surface area contributed by atoms with Crippen molar-refractivity contribution >= 4 is 29.1 Å². The number of anilines is 1.